The molecule has 0 saturated carbocycles. The first-order valence-corrected chi connectivity index (χ1v) is 4.37. The van der Waals surface area contributed by atoms with Gasteiger partial charge in [-0.3, -0.25) is 0 Å². The van der Waals surface area contributed by atoms with Gasteiger partial charge in [-0.2, -0.15) is 0 Å². The highest BCUT2D eigenvalue weighted by molar-refractivity contribution is 7.80. The zero-order chi connectivity index (χ0) is 8.84. The Labute approximate surface area is 79.6 Å². The lowest BCUT2D eigenvalue weighted by Gasteiger charge is -1.98. The van der Waals surface area contributed by atoms with Gasteiger partial charge in [0.2, 0.25) is 0 Å². The number of rotatable bonds is 0. The van der Waals surface area contributed by atoms with Gasteiger partial charge in [-0.25, -0.2) is 0 Å². The largest absolute Gasteiger partial charge is 0.464 e. The van der Waals surface area contributed by atoms with Crippen LogP contribution in [0.25, 0.3) is 11.0 Å². The van der Waals surface area contributed by atoms with Gasteiger partial charge in [0.1, 0.15) is 5.58 Å². The molecule has 3 rings (SSSR count). The SMILES string of the molecule is SC1Oc2cc3ccoc3cc2O1. The van der Waals surface area contributed by atoms with Gasteiger partial charge in [0.05, 0.1) is 6.26 Å². The molecule has 3 nitrogen and oxygen atoms in total. The summed E-state index contributed by atoms with van der Waals surface area (Å²) in [5.74, 6) is 1.40. The molecule has 0 bridgehead atoms. The third-order valence-corrected chi connectivity index (χ3v) is 2.19. The summed E-state index contributed by atoms with van der Waals surface area (Å²) in [5, 5.41) is 1.00. The smallest absolute Gasteiger partial charge is 0.288 e. The number of benzene rings is 1. The van der Waals surface area contributed by atoms with E-state index in [0.717, 1.165) is 11.0 Å². The van der Waals surface area contributed by atoms with Crippen molar-refractivity contribution in [3.8, 4) is 11.5 Å². The minimum Gasteiger partial charge on any atom is -0.464 e. The summed E-state index contributed by atoms with van der Waals surface area (Å²) in [4.78, 5) is 0. The van der Waals surface area contributed by atoms with E-state index in [1.165, 1.54) is 0 Å². The molecule has 0 amide bonds. The minimum atomic E-state index is -0.499. The molecule has 66 valence electrons. The van der Waals surface area contributed by atoms with Crippen LogP contribution in [0.3, 0.4) is 0 Å². The van der Waals surface area contributed by atoms with Gasteiger partial charge in [0, 0.05) is 11.5 Å². The van der Waals surface area contributed by atoms with Gasteiger partial charge in [-0.15, -0.1) is 0 Å². The van der Waals surface area contributed by atoms with Crippen molar-refractivity contribution in [3.63, 3.8) is 0 Å². The lowest BCUT2D eigenvalue weighted by atomic mass is 10.2. The van der Waals surface area contributed by atoms with E-state index < -0.39 is 5.62 Å². The average Bonchev–Trinajstić information content (AvgIpc) is 2.63. The molecule has 1 aromatic heterocycles. The Morgan fingerprint density at radius 1 is 1.15 bits per heavy atom. The molecule has 0 fully saturated rings. The second kappa shape index (κ2) is 2.35. The first-order valence-electron chi connectivity index (χ1n) is 3.85. The molecule has 4 heteroatoms. The summed E-state index contributed by atoms with van der Waals surface area (Å²) in [7, 11) is 0. The second-order valence-electron chi connectivity index (χ2n) is 2.80. The van der Waals surface area contributed by atoms with E-state index in [1.54, 1.807) is 12.3 Å². The highest BCUT2D eigenvalue weighted by Crippen LogP contribution is 2.39. The van der Waals surface area contributed by atoms with Gasteiger partial charge < -0.3 is 13.9 Å². The van der Waals surface area contributed by atoms with Crippen molar-refractivity contribution in [2.75, 3.05) is 0 Å². The summed E-state index contributed by atoms with van der Waals surface area (Å²) in [6.45, 7) is 0. The topological polar surface area (TPSA) is 31.6 Å². The Balaban J connectivity index is 2.27. The molecule has 0 aliphatic carbocycles. The number of ether oxygens (including phenoxy) is 2. The maximum atomic E-state index is 5.28. The fourth-order valence-electron chi connectivity index (χ4n) is 1.40. The first kappa shape index (κ1) is 7.15. The Morgan fingerprint density at radius 2 is 1.92 bits per heavy atom. The molecule has 0 radical (unpaired) electrons. The van der Waals surface area contributed by atoms with E-state index in [-0.39, 0.29) is 0 Å². The van der Waals surface area contributed by atoms with E-state index in [0.29, 0.717) is 11.5 Å². The molecule has 0 spiro atoms. The van der Waals surface area contributed by atoms with Crippen LogP contribution in [0.5, 0.6) is 11.5 Å². The molecule has 1 aliphatic rings. The van der Waals surface area contributed by atoms with Gasteiger partial charge >= 0.3 is 0 Å². The molecule has 1 atom stereocenters. The van der Waals surface area contributed by atoms with Crippen molar-refractivity contribution in [3.05, 3.63) is 24.5 Å². The molecular weight excluding hydrogens is 188 g/mol. The Morgan fingerprint density at radius 3 is 2.77 bits per heavy atom. The molecule has 13 heavy (non-hydrogen) atoms. The predicted octanol–water partition coefficient (Wildman–Crippen LogP) is 2.42. The molecule has 1 aromatic carbocycles. The summed E-state index contributed by atoms with van der Waals surface area (Å²) < 4.78 is 15.8. The van der Waals surface area contributed by atoms with Crippen LogP contribution in [0.15, 0.2) is 28.9 Å². The predicted molar refractivity (Wildman–Crippen MR) is 50.2 cm³/mol. The van der Waals surface area contributed by atoms with E-state index in [2.05, 4.69) is 12.6 Å². The Hall–Kier alpha value is -1.29. The summed E-state index contributed by atoms with van der Waals surface area (Å²) in [6, 6.07) is 5.57. The van der Waals surface area contributed by atoms with Crippen LogP contribution in [0.4, 0.5) is 0 Å². The molecule has 2 heterocycles. The number of fused-ring (bicyclic) bond motifs is 2. The highest BCUT2D eigenvalue weighted by atomic mass is 32.1. The van der Waals surface area contributed by atoms with Gasteiger partial charge in [0.25, 0.3) is 5.62 Å². The number of furan rings is 1. The maximum Gasteiger partial charge on any atom is 0.288 e. The van der Waals surface area contributed by atoms with E-state index in [1.807, 2.05) is 12.1 Å². The fraction of sp³-hybridized carbons (Fsp3) is 0.111. The molecular formula is C9H6O3S. The third kappa shape index (κ3) is 0.986. The van der Waals surface area contributed by atoms with Crippen molar-refractivity contribution in [2.24, 2.45) is 0 Å². The maximum absolute atomic E-state index is 5.28. The fourth-order valence-corrected chi connectivity index (χ4v) is 1.62. The molecule has 1 unspecified atom stereocenters. The molecule has 0 saturated heterocycles. The van der Waals surface area contributed by atoms with E-state index in [4.69, 9.17) is 13.9 Å². The minimum absolute atomic E-state index is 0.499. The number of hydrogen-bond acceptors (Lipinski definition) is 4. The zero-order valence-electron chi connectivity index (χ0n) is 6.56. The molecule has 0 N–H and O–H groups in total. The monoisotopic (exact) mass is 194 g/mol. The van der Waals surface area contributed by atoms with Crippen LogP contribution in [0.1, 0.15) is 0 Å². The van der Waals surface area contributed by atoms with Gasteiger partial charge in [-0.05, 0) is 12.1 Å². The standard InChI is InChI=1S/C9H6O3S/c13-9-11-7-3-5-1-2-10-6(5)4-8(7)12-9/h1-4,9,13H. The van der Waals surface area contributed by atoms with Crippen molar-refractivity contribution in [1.82, 2.24) is 0 Å². The lowest BCUT2D eigenvalue weighted by Crippen LogP contribution is -2.07. The van der Waals surface area contributed by atoms with Crippen LogP contribution in [0.2, 0.25) is 0 Å². The van der Waals surface area contributed by atoms with Crippen LogP contribution in [-0.4, -0.2) is 5.62 Å². The van der Waals surface area contributed by atoms with E-state index in [9.17, 15) is 0 Å². The zero-order valence-corrected chi connectivity index (χ0v) is 7.45. The van der Waals surface area contributed by atoms with Crippen LogP contribution >= 0.6 is 12.6 Å². The average molecular weight is 194 g/mol. The van der Waals surface area contributed by atoms with Crippen molar-refractivity contribution < 1.29 is 13.9 Å². The quantitative estimate of drug-likeness (QED) is 0.653. The Kier molecular flexibility index (Phi) is 1.29. The summed E-state index contributed by atoms with van der Waals surface area (Å²) in [6.07, 6.45) is 1.64. The van der Waals surface area contributed by atoms with E-state index >= 15 is 0 Å². The first-order chi connectivity index (χ1) is 6.33. The third-order valence-electron chi connectivity index (χ3n) is 1.97. The van der Waals surface area contributed by atoms with Crippen LogP contribution in [-0.2, 0) is 0 Å². The summed E-state index contributed by atoms with van der Waals surface area (Å²) >= 11 is 4.05. The van der Waals surface area contributed by atoms with Crippen molar-refractivity contribution in [1.29, 1.82) is 0 Å². The number of thiol groups is 1. The van der Waals surface area contributed by atoms with Crippen molar-refractivity contribution >= 4 is 23.6 Å². The van der Waals surface area contributed by atoms with Crippen molar-refractivity contribution in [2.45, 2.75) is 5.62 Å². The summed E-state index contributed by atoms with van der Waals surface area (Å²) in [5.41, 5.74) is 0.297. The second-order valence-corrected chi connectivity index (χ2v) is 3.22. The lowest BCUT2D eigenvalue weighted by molar-refractivity contribution is 0.138. The molecule has 1 aliphatic heterocycles. The number of hydrogen-bond donors (Lipinski definition) is 1. The molecule has 2 aromatic rings. The normalized spacial score (nSPS) is 19.6. The van der Waals surface area contributed by atoms with Gasteiger partial charge in [0.15, 0.2) is 11.5 Å². The van der Waals surface area contributed by atoms with Crippen LogP contribution in [0, 0.1) is 0 Å². The Bertz CT molecular complexity index is 423. The highest BCUT2D eigenvalue weighted by Gasteiger charge is 2.21. The van der Waals surface area contributed by atoms with Crippen LogP contribution < -0.4 is 9.47 Å². The van der Waals surface area contributed by atoms with Gasteiger partial charge in [-0.1, -0.05) is 12.6 Å².